The smallest absolute Gasteiger partial charge is 0.320 e. The first kappa shape index (κ1) is 12.3. The van der Waals surface area contributed by atoms with Crippen LogP contribution in [-0.2, 0) is 0 Å². The summed E-state index contributed by atoms with van der Waals surface area (Å²) in [6.45, 7) is 8.34. The maximum atomic E-state index is 12.2. The lowest BCUT2D eigenvalue weighted by atomic mass is 10.2. The molecule has 0 saturated carbocycles. The molecule has 0 radical (unpaired) electrons. The molecule has 0 aromatic carbocycles. The predicted octanol–water partition coefficient (Wildman–Crippen LogP) is 1.26. The van der Waals surface area contributed by atoms with Crippen molar-refractivity contribution >= 4 is 6.03 Å². The largest absolute Gasteiger partial charge is 0.328 e. The van der Waals surface area contributed by atoms with Crippen molar-refractivity contribution in [1.82, 2.24) is 9.80 Å². The number of hydrogen-bond acceptors (Lipinski definition) is 2. The highest BCUT2D eigenvalue weighted by Crippen LogP contribution is 2.18. The Labute approximate surface area is 92.4 Å². The molecule has 1 unspecified atom stereocenters. The molecule has 0 bridgehead atoms. The van der Waals surface area contributed by atoms with Gasteiger partial charge in [-0.3, -0.25) is 0 Å². The summed E-state index contributed by atoms with van der Waals surface area (Å²) in [7, 11) is 0. The van der Waals surface area contributed by atoms with Gasteiger partial charge in [-0.2, -0.15) is 0 Å². The molecule has 2 N–H and O–H groups in total. The maximum Gasteiger partial charge on any atom is 0.320 e. The third-order valence-electron chi connectivity index (χ3n) is 3.10. The molecule has 1 rings (SSSR count). The first-order chi connectivity index (χ1) is 7.11. The fourth-order valence-corrected chi connectivity index (χ4v) is 2.22. The van der Waals surface area contributed by atoms with E-state index in [1.807, 2.05) is 16.7 Å². The Morgan fingerprint density at radius 3 is 2.73 bits per heavy atom. The van der Waals surface area contributed by atoms with E-state index in [4.69, 9.17) is 5.73 Å². The Bertz CT molecular complexity index is 218. The second-order valence-corrected chi connectivity index (χ2v) is 4.39. The van der Waals surface area contributed by atoms with Crippen LogP contribution in [0, 0.1) is 0 Å². The average Bonchev–Trinajstić information content (AvgIpc) is 2.65. The Kier molecular flexibility index (Phi) is 4.39. The molecule has 1 saturated heterocycles. The van der Waals surface area contributed by atoms with Crippen LogP contribution in [0.1, 0.15) is 33.6 Å². The number of hydrogen-bond donors (Lipinski definition) is 1. The minimum absolute atomic E-state index is 0.153. The van der Waals surface area contributed by atoms with E-state index in [9.17, 15) is 4.79 Å². The van der Waals surface area contributed by atoms with Gasteiger partial charge >= 0.3 is 6.03 Å². The fraction of sp³-hybridized carbons (Fsp3) is 0.909. The minimum Gasteiger partial charge on any atom is -0.328 e. The number of carbonyl (C=O) groups excluding carboxylic acids is 1. The number of amides is 2. The van der Waals surface area contributed by atoms with Crippen molar-refractivity contribution in [3.8, 4) is 0 Å². The highest BCUT2D eigenvalue weighted by Gasteiger charge is 2.30. The van der Waals surface area contributed by atoms with Crippen molar-refractivity contribution in [1.29, 1.82) is 0 Å². The predicted molar refractivity (Wildman–Crippen MR) is 61.7 cm³/mol. The van der Waals surface area contributed by atoms with Crippen LogP contribution in [0.25, 0.3) is 0 Å². The average molecular weight is 213 g/mol. The number of rotatable bonds is 3. The number of nitrogens with zero attached hydrogens (tertiary/aromatic N) is 2. The lowest BCUT2D eigenvalue weighted by Crippen LogP contribution is -2.49. The summed E-state index contributed by atoms with van der Waals surface area (Å²) in [5, 5.41) is 0. The molecule has 1 aliphatic rings. The van der Waals surface area contributed by atoms with Gasteiger partial charge in [0.15, 0.2) is 0 Å². The molecule has 0 aliphatic carbocycles. The summed E-state index contributed by atoms with van der Waals surface area (Å²) in [5.74, 6) is 0. The Morgan fingerprint density at radius 2 is 2.27 bits per heavy atom. The van der Waals surface area contributed by atoms with Crippen LogP contribution in [0.5, 0.6) is 0 Å². The zero-order valence-electron chi connectivity index (χ0n) is 10.1. The molecule has 15 heavy (non-hydrogen) atoms. The van der Waals surface area contributed by atoms with E-state index in [0.717, 1.165) is 25.9 Å². The molecule has 0 aromatic rings. The van der Waals surface area contributed by atoms with Gasteiger partial charge in [0.2, 0.25) is 0 Å². The molecule has 88 valence electrons. The van der Waals surface area contributed by atoms with Gasteiger partial charge in [0.1, 0.15) is 0 Å². The molecular formula is C11H23N3O. The van der Waals surface area contributed by atoms with E-state index in [0.29, 0.717) is 6.54 Å². The van der Waals surface area contributed by atoms with Gasteiger partial charge in [0.05, 0.1) is 0 Å². The van der Waals surface area contributed by atoms with Crippen LogP contribution in [0.15, 0.2) is 0 Å². The summed E-state index contributed by atoms with van der Waals surface area (Å²) >= 11 is 0. The third kappa shape index (κ3) is 2.62. The van der Waals surface area contributed by atoms with Crippen molar-refractivity contribution in [2.45, 2.75) is 45.7 Å². The van der Waals surface area contributed by atoms with Crippen molar-refractivity contribution in [2.75, 3.05) is 19.6 Å². The van der Waals surface area contributed by atoms with Crippen LogP contribution < -0.4 is 5.73 Å². The Hall–Kier alpha value is -0.770. The number of likely N-dealkylation sites (tertiary alicyclic amines) is 1. The van der Waals surface area contributed by atoms with Gasteiger partial charge < -0.3 is 15.5 Å². The summed E-state index contributed by atoms with van der Waals surface area (Å²) in [6.07, 6.45) is 2.14. The highest BCUT2D eigenvalue weighted by molar-refractivity contribution is 5.75. The zero-order chi connectivity index (χ0) is 11.4. The topological polar surface area (TPSA) is 49.6 Å². The molecule has 1 aliphatic heterocycles. The standard InChI is InChI=1S/C11H23N3O/c1-4-13(9(2)3)11(15)14-7-5-6-10(14)8-12/h9-10H,4-8,12H2,1-3H3. The van der Waals surface area contributed by atoms with Gasteiger partial charge in [0.25, 0.3) is 0 Å². The van der Waals surface area contributed by atoms with Crippen LogP contribution in [0.2, 0.25) is 0 Å². The second kappa shape index (κ2) is 5.35. The molecule has 4 nitrogen and oxygen atoms in total. The van der Waals surface area contributed by atoms with Gasteiger partial charge in [0, 0.05) is 31.7 Å². The molecular weight excluding hydrogens is 190 g/mol. The summed E-state index contributed by atoms with van der Waals surface area (Å²) in [6, 6.07) is 0.673. The summed E-state index contributed by atoms with van der Waals surface area (Å²) in [4.78, 5) is 16.0. The first-order valence-electron chi connectivity index (χ1n) is 5.89. The van der Waals surface area contributed by atoms with Crippen molar-refractivity contribution in [3.63, 3.8) is 0 Å². The minimum atomic E-state index is 0.153. The Balaban J connectivity index is 2.65. The Morgan fingerprint density at radius 1 is 1.60 bits per heavy atom. The fourth-order valence-electron chi connectivity index (χ4n) is 2.22. The lowest BCUT2D eigenvalue weighted by Gasteiger charge is -2.33. The number of urea groups is 1. The quantitative estimate of drug-likeness (QED) is 0.767. The first-order valence-corrected chi connectivity index (χ1v) is 5.89. The molecule has 1 heterocycles. The molecule has 2 amide bonds. The lowest BCUT2D eigenvalue weighted by molar-refractivity contribution is 0.139. The van der Waals surface area contributed by atoms with Crippen LogP contribution in [0.4, 0.5) is 4.79 Å². The van der Waals surface area contributed by atoms with Crippen LogP contribution in [0.3, 0.4) is 0 Å². The zero-order valence-corrected chi connectivity index (χ0v) is 10.1. The SMILES string of the molecule is CCN(C(=O)N1CCCC1CN)C(C)C. The number of nitrogens with two attached hydrogens (primary N) is 1. The van der Waals surface area contributed by atoms with Gasteiger partial charge in [-0.05, 0) is 33.6 Å². The summed E-state index contributed by atoms with van der Waals surface area (Å²) < 4.78 is 0. The maximum absolute atomic E-state index is 12.2. The van der Waals surface area contributed by atoms with E-state index in [-0.39, 0.29) is 18.1 Å². The van der Waals surface area contributed by atoms with E-state index >= 15 is 0 Å². The highest BCUT2D eigenvalue weighted by atomic mass is 16.2. The van der Waals surface area contributed by atoms with Gasteiger partial charge in [-0.25, -0.2) is 4.79 Å². The monoisotopic (exact) mass is 213 g/mol. The van der Waals surface area contributed by atoms with E-state index in [1.165, 1.54) is 0 Å². The van der Waals surface area contributed by atoms with Gasteiger partial charge in [-0.15, -0.1) is 0 Å². The summed E-state index contributed by atoms with van der Waals surface area (Å²) in [5.41, 5.74) is 5.67. The molecule has 0 aromatic heterocycles. The van der Waals surface area contributed by atoms with Crippen molar-refractivity contribution in [3.05, 3.63) is 0 Å². The van der Waals surface area contributed by atoms with E-state index < -0.39 is 0 Å². The van der Waals surface area contributed by atoms with E-state index in [2.05, 4.69) is 13.8 Å². The van der Waals surface area contributed by atoms with Crippen LogP contribution in [-0.4, -0.2) is 47.5 Å². The van der Waals surface area contributed by atoms with Gasteiger partial charge in [-0.1, -0.05) is 0 Å². The van der Waals surface area contributed by atoms with E-state index in [1.54, 1.807) is 0 Å². The van der Waals surface area contributed by atoms with Crippen molar-refractivity contribution < 1.29 is 4.79 Å². The van der Waals surface area contributed by atoms with Crippen molar-refractivity contribution in [2.24, 2.45) is 5.73 Å². The second-order valence-electron chi connectivity index (χ2n) is 4.39. The molecule has 1 fully saturated rings. The number of carbonyl (C=O) groups is 1. The van der Waals surface area contributed by atoms with Crippen LogP contribution >= 0.6 is 0 Å². The third-order valence-corrected chi connectivity index (χ3v) is 3.10. The molecule has 4 heteroatoms. The molecule has 1 atom stereocenters. The molecule has 0 spiro atoms. The normalized spacial score (nSPS) is 21.1.